The van der Waals surface area contributed by atoms with E-state index in [1.807, 2.05) is 6.92 Å². The molecule has 0 saturated heterocycles. The van der Waals surface area contributed by atoms with Crippen molar-refractivity contribution in [3.63, 3.8) is 0 Å². The molecule has 1 N–H and O–H groups in total. The number of halogens is 3. The molecule has 0 aromatic carbocycles. The Bertz CT molecular complexity index is 816. The predicted octanol–water partition coefficient (Wildman–Crippen LogP) is 5.86. The van der Waals surface area contributed by atoms with Gasteiger partial charge in [-0.1, -0.05) is 38.2 Å². The number of alkyl halides is 3. The smallest absolute Gasteiger partial charge is 0.412 e. The number of carbonyl (C=O) groups is 2. The summed E-state index contributed by atoms with van der Waals surface area (Å²) in [5, 5.41) is 2.70. The molecule has 7 heteroatoms. The highest BCUT2D eigenvalue weighted by atomic mass is 19.4. The van der Waals surface area contributed by atoms with Crippen molar-refractivity contribution in [1.82, 2.24) is 5.32 Å². The maximum atomic E-state index is 12.6. The Hall–Kier alpha value is -2.57. The van der Waals surface area contributed by atoms with E-state index in [1.54, 1.807) is 19.9 Å². The number of furan rings is 1. The van der Waals surface area contributed by atoms with Crippen LogP contribution in [0.2, 0.25) is 0 Å². The molecule has 0 aliphatic rings. The van der Waals surface area contributed by atoms with Gasteiger partial charge in [-0.2, -0.15) is 13.2 Å². The number of hydrogen-bond donors (Lipinski definition) is 1. The third-order valence-corrected chi connectivity index (χ3v) is 4.74. The number of ketones is 1. The molecule has 1 unspecified atom stereocenters. The number of amides is 1. The summed E-state index contributed by atoms with van der Waals surface area (Å²) in [4.78, 5) is 24.1. The standard InChI is InChI=1S/C23H30F3NO3/c1-6-8-9-20(28)16(4)27-22(29)13-12-19-14-21(30-17(19)5)18(7-2)11-10-15(3)23(24,25)26/h7,10-11,14,16H,2,6,8-9,12-13H2,1,3-5H3,(H,27,29)/b15-10+,18-11+. The quantitative estimate of drug-likeness (QED) is 0.452. The summed E-state index contributed by atoms with van der Waals surface area (Å²) in [6, 6.07) is 1.17. The van der Waals surface area contributed by atoms with Gasteiger partial charge in [0.15, 0.2) is 5.78 Å². The largest absolute Gasteiger partial charge is 0.461 e. The molecule has 0 radical (unpaired) electrons. The van der Waals surface area contributed by atoms with Gasteiger partial charge < -0.3 is 9.73 Å². The van der Waals surface area contributed by atoms with Gasteiger partial charge in [-0.25, -0.2) is 0 Å². The fourth-order valence-electron chi connectivity index (χ4n) is 2.68. The third-order valence-electron chi connectivity index (χ3n) is 4.74. The summed E-state index contributed by atoms with van der Waals surface area (Å²) in [7, 11) is 0. The lowest BCUT2D eigenvalue weighted by Crippen LogP contribution is -2.38. The van der Waals surface area contributed by atoms with Gasteiger partial charge in [0, 0.05) is 24.0 Å². The van der Waals surface area contributed by atoms with Crippen LogP contribution in [0.3, 0.4) is 0 Å². The van der Waals surface area contributed by atoms with E-state index in [0.717, 1.165) is 31.4 Å². The van der Waals surface area contributed by atoms with Gasteiger partial charge in [0.1, 0.15) is 11.5 Å². The second-order valence-electron chi connectivity index (χ2n) is 7.22. The van der Waals surface area contributed by atoms with Crippen LogP contribution < -0.4 is 5.32 Å². The van der Waals surface area contributed by atoms with Crippen molar-refractivity contribution in [3.05, 3.63) is 53.5 Å². The van der Waals surface area contributed by atoms with Crippen molar-refractivity contribution < 1.29 is 27.2 Å². The zero-order valence-electron chi connectivity index (χ0n) is 18.0. The SMILES string of the molecule is C=C/C(=C\C=C(/C)C(F)(F)F)c1cc(CCC(=O)NC(C)C(=O)CCCC)c(C)o1. The molecule has 0 fully saturated rings. The number of aryl methyl sites for hydroxylation is 2. The van der Waals surface area contributed by atoms with Crippen LogP contribution in [0.25, 0.3) is 5.57 Å². The Balaban J connectivity index is 2.77. The summed E-state index contributed by atoms with van der Waals surface area (Å²) in [5.41, 5.74) is 0.451. The molecule has 0 aliphatic carbocycles. The monoisotopic (exact) mass is 425 g/mol. The van der Waals surface area contributed by atoms with Crippen LogP contribution in [0.4, 0.5) is 13.2 Å². The zero-order chi connectivity index (χ0) is 22.9. The Kier molecular flexibility index (Phi) is 9.82. The van der Waals surface area contributed by atoms with E-state index in [2.05, 4.69) is 11.9 Å². The lowest BCUT2D eigenvalue weighted by molar-refractivity contribution is -0.127. The summed E-state index contributed by atoms with van der Waals surface area (Å²) < 4.78 is 43.6. The normalized spacial score (nSPS) is 13.8. The van der Waals surface area contributed by atoms with Crippen molar-refractivity contribution in [3.8, 4) is 0 Å². The summed E-state index contributed by atoms with van der Waals surface area (Å²) in [6.45, 7) is 10.0. The van der Waals surface area contributed by atoms with E-state index < -0.39 is 17.8 Å². The maximum Gasteiger partial charge on any atom is 0.412 e. The van der Waals surface area contributed by atoms with E-state index in [0.29, 0.717) is 29.9 Å². The molecule has 1 amide bonds. The highest BCUT2D eigenvalue weighted by molar-refractivity contribution is 5.88. The van der Waals surface area contributed by atoms with E-state index in [1.165, 1.54) is 12.2 Å². The van der Waals surface area contributed by atoms with Gasteiger partial charge in [-0.05, 0) is 45.2 Å². The van der Waals surface area contributed by atoms with E-state index >= 15 is 0 Å². The Labute approximate surface area is 175 Å². The molecule has 30 heavy (non-hydrogen) atoms. The second-order valence-corrected chi connectivity index (χ2v) is 7.22. The number of allylic oxidation sites excluding steroid dienone is 5. The van der Waals surface area contributed by atoms with Crippen molar-refractivity contribution in [2.45, 2.75) is 72.0 Å². The molecular formula is C23H30F3NO3. The second kappa shape index (κ2) is 11.6. The van der Waals surface area contributed by atoms with Gasteiger partial charge in [0.2, 0.25) is 5.91 Å². The minimum atomic E-state index is -4.39. The molecule has 1 atom stereocenters. The molecule has 1 aromatic rings. The van der Waals surface area contributed by atoms with Crippen LogP contribution in [0.15, 0.2) is 40.9 Å². The zero-order valence-corrected chi connectivity index (χ0v) is 18.0. The van der Waals surface area contributed by atoms with Crippen LogP contribution in [0.5, 0.6) is 0 Å². The van der Waals surface area contributed by atoms with Crippen molar-refractivity contribution in [2.24, 2.45) is 0 Å². The Morgan fingerprint density at radius 3 is 2.50 bits per heavy atom. The molecule has 0 spiro atoms. The summed E-state index contributed by atoms with van der Waals surface area (Å²) >= 11 is 0. The van der Waals surface area contributed by atoms with Crippen LogP contribution in [0.1, 0.15) is 63.5 Å². The molecule has 0 aliphatic heterocycles. The Morgan fingerprint density at radius 2 is 1.93 bits per heavy atom. The van der Waals surface area contributed by atoms with E-state index in [4.69, 9.17) is 4.42 Å². The summed E-state index contributed by atoms with van der Waals surface area (Å²) in [5.74, 6) is 0.731. The van der Waals surface area contributed by atoms with Crippen LogP contribution in [-0.2, 0) is 16.0 Å². The lowest BCUT2D eigenvalue weighted by Gasteiger charge is -2.12. The number of rotatable bonds is 11. The molecule has 1 heterocycles. The summed E-state index contributed by atoms with van der Waals surface area (Å²) in [6.07, 6.45) is 2.01. The number of nitrogens with one attached hydrogen (secondary N) is 1. The predicted molar refractivity (Wildman–Crippen MR) is 112 cm³/mol. The molecule has 0 saturated carbocycles. The molecule has 0 bridgehead atoms. The van der Waals surface area contributed by atoms with E-state index in [9.17, 15) is 22.8 Å². The van der Waals surface area contributed by atoms with Gasteiger partial charge in [0.25, 0.3) is 0 Å². The first-order chi connectivity index (χ1) is 14.0. The van der Waals surface area contributed by atoms with Gasteiger partial charge >= 0.3 is 6.18 Å². The van der Waals surface area contributed by atoms with Gasteiger partial charge in [-0.3, -0.25) is 9.59 Å². The molecule has 4 nitrogen and oxygen atoms in total. The van der Waals surface area contributed by atoms with Crippen molar-refractivity contribution in [2.75, 3.05) is 0 Å². The molecule has 1 aromatic heterocycles. The first kappa shape index (κ1) is 25.5. The molecule has 1 rings (SSSR count). The van der Waals surface area contributed by atoms with Crippen molar-refractivity contribution in [1.29, 1.82) is 0 Å². The average molecular weight is 425 g/mol. The average Bonchev–Trinajstić information content (AvgIpc) is 3.04. The molecular weight excluding hydrogens is 395 g/mol. The van der Waals surface area contributed by atoms with Crippen LogP contribution in [-0.4, -0.2) is 23.9 Å². The highest BCUT2D eigenvalue weighted by Gasteiger charge is 2.29. The first-order valence-electron chi connectivity index (χ1n) is 9.99. The number of unbranched alkanes of at least 4 members (excludes halogenated alkanes) is 1. The van der Waals surface area contributed by atoms with Gasteiger partial charge in [0.05, 0.1) is 6.04 Å². The third kappa shape index (κ3) is 8.05. The number of hydrogen-bond acceptors (Lipinski definition) is 3. The van der Waals surface area contributed by atoms with Crippen LogP contribution in [0, 0.1) is 6.92 Å². The lowest BCUT2D eigenvalue weighted by atomic mass is 10.1. The Morgan fingerprint density at radius 1 is 1.27 bits per heavy atom. The van der Waals surface area contributed by atoms with Gasteiger partial charge in [-0.15, -0.1) is 0 Å². The minimum absolute atomic E-state index is 0.00921. The van der Waals surface area contributed by atoms with E-state index in [-0.39, 0.29) is 18.1 Å². The number of Topliss-reactive ketones (excluding diaryl/α,β-unsaturated/α-hetero) is 1. The fourth-order valence-corrected chi connectivity index (χ4v) is 2.68. The fraction of sp³-hybridized carbons (Fsp3) is 0.478. The topological polar surface area (TPSA) is 59.3 Å². The number of carbonyl (C=O) groups excluding carboxylic acids is 2. The minimum Gasteiger partial charge on any atom is -0.461 e. The first-order valence-corrected chi connectivity index (χ1v) is 9.99. The van der Waals surface area contributed by atoms with Crippen molar-refractivity contribution >= 4 is 17.3 Å². The maximum absolute atomic E-state index is 12.6. The molecule has 166 valence electrons. The van der Waals surface area contributed by atoms with Crippen LogP contribution >= 0.6 is 0 Å². The highest BCUT2D eigenvalue weighted by Crippen LogP contribution is 2.27.